The first-order valence-electron chi connectivity index (χ1n) is 8.27. The minimum absolute atomic E-state index is 0. The molecule has 162 valence electrons. The van der Waals surface area contributed by atoms with E-state index >= 15 is 0 Å². The summed E-state index contributed by atoms with van der Waals surface area (Å²) in [4.78, 5) is -0.605. The highest BCUT2D eigenvalue weighted by molar-refractivity contribution is 7.90. The Kier molecular flexibility index (Phi) is 6.85. The summed E-state index contributed by atoms with van der Waals surface area (Å²) >= 11 is 0. The molecule has 0 fully saturated rings. The van der Waals surface area contributed by atoms with Crippen LogP contribution in [-0.2, 0) is 22.7 Å². The maximum absolute atomic E-state index is 14.5. The summed E-state index contributed by atoms with van der Waals surface area (Å²) in [6.07, 6.45) is -3.60. The van der Waals surface area contributed by atoms with Gasteiger partial charge in [0, 0.05) is 23.9 Å². The number of rotatable bonds is 5. The van der Waals surface area contributed by atoms with Crippen molar-refractivity contribution in [1.82, 2.24) is 3.97 Å². The minimum Gasteiger partial charge on any atom is -0.494 e. The number of hydrogen-bond donors (Lipinski definition) is 1. The van der Waals surface area contributed by atoms with Gasteiger partial charge in [0.25, 0.3) is 10.0 Å². The van der Waals surface area contributed by atoms with Gasteiger partial charge in [-0.3, -0.25) is 0 Å². The maximum Gasteiger partial charge on any atom is 0.416 e. The number of benzene rings is 2. The van der Waals surface area contributed by atoms with Gasteiger partial charge in [0.2, 0.25) is 0 Å². The number of ether oxygens (including phenoxy) is 1. The molecule has 0 aliphatic heterocycles. The van der Waals surface area contributed by atoms with Gasteiger partial charge in [-0.05, 0) is 30.3 Å². The van der Waals surface area contributed by atoms with Crippen LogP contribution in [0.2, 0.25) is 0 Å². The molecule has 0 saturated heterocycles. The highest BCUT2D eigenvalue weighted by atomic mass is 35.5. The molecule has 0 bridgehead atoms. The molecular weight excluding hydrogens is 448 g/mol. The number of nitrogens with two attached hydrogens (primary N) is 1. The van der Waals surface area contributed by atoms with Gasteiger partial charge in [0.1, 0.15) is 17.3 Å². The van der Waals surface area contributed by atoms with E-state index in [2.05, 4.69) is 0 Å². The Hall–Kier alpha value is -2.56. The fourth-order valence-corrected chi connectivity index (χ4v) is 4.36. The van der Waals surface area contributed by atoms with E-state index in [0.717, 1.165) is 30.5 Å². The van der Waals surface area contributed by atoms with E-state index in [0.29, 0.717) is 10.0 Å². The summed E-state index contributed by atoms with van der Waals surface area (Å²) in [6.45, 7) is -0.129. The third kappa shape index (κ3) is 4.16. The van der Waals surface area contributed by atoms with Gasteiger partial charge in [-0.2, -0.15) is 13.2 Å². The van der Waals surface area contributed by atoms with Crippen molar-refractivity contribution in [2.24, 2.45) is 5.73 Å². The molecule has 2 aromatic carbocycles. The van der Waals surface area contributed by atoms with E-state index < -0.39 is 32.5 Å². The summed E-state index contributed by atoms with van der Waals surface area (Å²) in [7, 11) is -3.26. The van der Waals surface area contributed by atoms with E-state index in [1.54, 1.807) is 0 Å². The van der Waals surface area contributed by atoms with Gasteiger partial charge in [0.15, 0.2) is 0 Å². The molecule has 0 aliphatic rings. The minimum atomic E-state index is -4.73. The quantitative estimate of drug-likeness (QED) is 0.566. The monoisotopic (exact) mass is 464 g/mol. The van der Waals surface area contributed by atoms with Crippen LogP contribution in [0.5, 0.6) is 5.75 Å². The van der Waals surface area contributed by atoms with Crippen molar-refractivity contribution in [1.29, 1.82) is 0 Å². The van der Waals surface area contributed by atoms with Crippen molar-refractivity contribution < 1.29 is 30.7 Å². The molecule has 0 atom stereocenters. The second kappa shape index (κ2) is 8.66. The Morgan fingerprint density at radius 2 is 1.77 bits per heavy atom. The Bertz CT molecular complexity index is 1160. The summed E-state index contributed by atoms with van der Waals surface area (Å²) in [5.41, 5.74) is 4.53. The van der Waals surface area contributed by atoms with E-state index in [-0.39, 0.29) is 41.5 Å². The number of nitrogens with zero attached hydrogens (tertiary/aromatic N) is 1. The Labute approximate surface area is 176 Å². The third-order valence-corrected chi connectivity index (χ3v) is 5.93. The zero-order chi connectivity index (χ0) is 21.4. The van der Waals surface area contributed by atoms with Gasteiger partial charge in [0.05, 0.1) is 17.6 Å². The number of halogens is 5. The zero-order valence-corrected chi connectivity index (χ0v) is 17.1. The highest BCUT2D eigenvalue weighted by Gasteiger charge is 2.33. The van der Waals surface area contributed by atoms with Crippen molar-refractivity contribution in [2.75, 3.05) is 7.11 Å². The molecule has 3 rings (SSSR count). The zero-order valence-electron chi connectivity index (χ0n) is 15.5. The smallest absolute Gasteiger partial charge is 0.416 e. The third-order valence-electron chi connectivity index (χ3n) is 4.27. The lowest BCUT2D eigenvalue weighted by Gasteiger charge is -2.14. The summed E-state index contributed by atoms with van der Waals surface area (Å²) in [6, 6.07) is 8.69. The average Bonchev–Trinajstić information content (AvgIpc) is 3.07. The molecule has 0 unspecified atom stereocenters. The van der Waals surface area contributed by atoms with Crippen LogP contribution in [-0.4, -0.2) is 19.5 Å². The van der Waals surface area contributed by atoms with Crippen LogP contribution in [0.25, 0.3) is 11.3 Å². The van der Waals surface area contributed by atoms with Crippen molar-refractivity contribution in [2.45, 2.75) is 17.6 Å². The van der Waals surface area contributed by atoms with Crippen LogP contribution >= 0.6 is 12.4 Å². The second-order valence-corrected chi connectivity index (χ2v) is 7.86. The fraction of sp³-hybridized carbons (Fsp3) is 0.158. The van der Waals surface area contributed by atoms with E-state index in [1.807, 2.05) is 0 Å². The van der Waals surface area contributed by atoms with Crippen LogP contribution < -0.4 is 10.5 Å². The lowest BCUT2D eigenvalue weighted by atomic mass is 10.1. The predicted octanol–water partition coefficient (Wildman–Crippen LogP) is 4.44. The molecule has 0 aliphatic carbocycles. The van der Waals surface area contributed by atoms with E-state index in [9.17, 15) is 26.0 Å². The average molecular weight is 465 g/mol. The molecule has 1 aromatic heterocycles. The van der Waals surface area contributed by atoms with Crippen molar-refractivity contribution in [3.05, 3.63) is 71.7 Å². The number of aromatic nitrogens is 1. The van der Waals surface area contributed by atoms with Gasteiger partial charge in [-0.15, -0.1) is 12.4 Å². The molecule has 0 spiro atoms. The standard InChI is InChI=1S/C19H16F4N2O3S.ClH/c1-28-18-12(10-24)11-25(17(18)15-7-2-3-8-16(15)20)29(26,27)14-6-4-5-13(9-14)19(21,22)23;/h2-9,11H,10,24H2,1H3;1H. The normalized spacial score (nSPS) is 11.8. The SMILES string of the molecule is COc1c(CN)cn(S(=O)(=O)c2cccc(C(F)(F)F)c2)c1-c1ccccc1F.Cl. The van der Waals surface area contributed by atoms with Crippen molar-refractivity contribution in [3.8, 4) is 17.0 Å². The first kappa shape index (κ1) is 23.7. The molecule has 1 heterocycles. The first-order valence-corrected chi connectivity index (χ1v) is 9.71. The van der Waals surface area contributed by atoms with E-state index in [4.69, 9.17) is 10.5 Å². The van der Waals surface area contributed by atoms with Gasteiger partial charge < -0.3 is 10.5 Å². The number of alkyl halides is 3. The Morgan fingerprint density at radius 1 is 1.10 bits per heavy atom. The lowest BCUT2D eigenvalue weighted by molar-refractivity contribution is -0.137. The number of hydrogen-bond acceptors (Lipinski definition) is 4. The van der Waals surface area contributed by atoms with Crippen LogP contribution in [0, 0.1) is 5.82 Å². The highest BCUT2D eigenvalue weighted by Crippen LogP contribution is 2.39. The van der Waals surface area contributed by atoms with Gasteiger partial charge >= 0.3 is 6.18 Å². The molecule has 2 N–H and O–H groups in total. The molecule has 0 amide bonds. The largest absolute Gasteiger partial charge is 0.494 e. The molecule has 5 nitrogen and oxygen atoms in total. The molecule has 30 heavy (non-hydrogen) atoms. The van der Waals surface area contributed by atoms with Crippen LogP contribution in [0.15, 0.2) is 59.6 Å². The van der Waals surface area contributed by atoms with E-state index in [1.165, 1.54) is 25.3 Å². The van der Waals surface area contributed by atoms with Crippen LogP contribution in [0.4, 0.5) is 17.6 Å². The second-order valence-electron chi connectivity index (χ2n) is 6.05. The molecule has 0 saturated carbocycles. The first-order chi connectivity index (χ1) is 13.6. The Morgan fingerprint density at radius 3 is 2.33 bits per heavy atom. The van der Waals surface area contributed by atoms with Crippen molar-refractivity contribution >= 4 is 22.4 Å². The van der Waals surface area contributed by atoms with Gasteiger partial charge in [-0.25, -0.2) is 16.8 Å². The van der Waals surface area contributed by atoms with Crippen molar-refractivity contribution in [3.63, 3.8) is 0 Å². The van der Waals surface area contributed by atoms with Gasteiger partial charge in [-0.1, -0.05) is 18.2 Å². The predicted molar refractivity (Wildman–Crippen MR) is 106 cm³/mol. The lowest BCUT2D eigenvalue weighted by Crippen LogP contribution is -2.15. The summed E-state index contributed by atoms with van der Waals surface area (Å²) in [5.74, 6) is -0.707. The fourth-order valence-electron chi connectivity index (χ4n) is 2.92. The summed E-state index contributed by atoms with van der Waals surface area (Å²) in [5, 5.41) is 0. The molecule has 3 aromatic rings. The summed E-state index contributed by atoms with van der Waals surface area (Å²) < 4.78 is 85.9. The van der Waals surface area contributed by atoms with Crippen LogP contribution in [0.3, 0.4) is 0 Å². The number of methoxy groups -OCH3 is 1. The topological polar surface area (TPSA) is 74.3 Å². The maximum atomic E-state index is 14.5. The molecule has 0 radical (unpaired) electrons. The van der Waals surface area contributed by atoms with Crippen LogP contribution in [0.1, 0.15) is 11.1 Å². The molecule has 11 heteroatoms. The molecular formula is C19H17ClF4N2O3S. The Balaban J connectivity index is 0.00000320.